The molecule has 0 atom stereocenters. The molecule has 34 heavy (non-hydrogen) atoms. The summed E-state index contributed by atoms with van der Waals surface area (Å²) in [6, 6.07) is 8.32. The third-order valence-electron chi connectivity index (χ3n) is 5.07. The molecule has 172 valence electrons. The van der Waals surface area contributed by atoms with E-state index in [0.29, 0.717) is 5.75 Å². The van der Waals surface area contributed by atoms with Crippen molar-refractivity contribution in [3.05, 3.63) is 61.4 Å². The summed E-state index contributed by atoms with van der Waals surface area (Å²) in [6.07, 6.45) is 0. The Morgan fingerprint density at radius 1 is 1.09 bits per heavy atom. The number of hydrogen-bond donors (Lipinski definition) is 4. The highest BCUT2D eigenvalue weighted by Crippen LogP contribution is 2.38. The molecule has 5 rings (SSSR count). The number of hydrogen-bond acceptors (Lipinski definition) is 8. The topological polar surface area (TPSA) is 146 Å². The number of aryl methyl sites for hydroxylation is 1. The molecular formula is C22H17N5O5S2. The smallest absolute Gasteiger partial charge is 0.272 e. The van der Waals surface area contributed by atoms with Crippen molar-refractivity contribution >= 4 is 71.3 Å². The molecule has 0 aliphatic heterocycles. The van der Waals surface area contributed by atoms with Gasteiger partial charge in [-0.25, -0.2) is 4.98 Å². The van der Waals surface area contributed by atoms with E-state index in [1.165, 1.54) is 12.1 Å². The lowest BCUT2D eigenvalue weighted by molar-refractivity contribution is -0.125. The van der Waals surface area contributed by atoms with Crippen molar-refractivity contribution in [2.45, 2.75) is 6.92 Å². The van der Waals surface area contributed by atoms with Crippen LogP contribution in [0.5, 0.6) is 5.75 Å². The van der Waals surface area contributed by atoms with Crippen LogP contribution in [0.25, 0.3) is 31.1 Å². The summed E-state index contributed by atoms with van der Waals surface area (Å²) in [5, 5.41) is 13.5. The van der Waals surface area contributed by atoms with Gasteiger partial charge in [-0.05, 0) is 30.5 Å². The Kier molecular flexibility index (Phi) is 5.59. The summed E-state index contributed by atoms with van der Waals surface area (Å²) in [4.78, 5) is 53.2. The molecule has 0 unspecified atom stereocenters. The molecule has 3 aromatic heterocycles. The average molecular weight is 496 g/mol. The third kappa shape index (κ3) is 4.04. The van der Waals surface area contributed by atoms with Gasteiger partial charge < -0.3 is 15.4 Å². The summed E-state index contributed by atoms with van der Waals surface area (Å²) in [5.41, 5.74) is 0.0712. The number of carbonyl (C=O) groups is 2. The Morgan fingerprint density at radius 3 is 2.76 bits per heavy atom. The number of ether oxygens (including phenoxy) is 1. The van der Waals surface area contributed by atoms with Gasteiger partial charge in [0, 0.05) is 11.5 Å². The highest BCUT2D eigenvalue weighted by atomic mass is 32.1. The number of fused-ring (bicyclic) bond motifs is 4. The van der Waals surface area contributed by atoms with Gasteiger partial charge in [0.15, 0.2) is 6.61 Å². The number of benzene rings is 2. The fourth-order valence-electron chi connectivity index (χ4n) is 3.61. The van der Waals surface area contributed by atoms with Crippen LogP contribution >= 0.6 is 22.7 Å². The molecule has 0 aliphatic rings. The fourth-order valence-corrected chi connectivity index (χ4v) is 5.44. The first-order valence-corrected chi connectivity index (χ1v) is 11.8. The Hall–Kier alpha value is -4.03. The first-order valence-electron chi connectivity index (χ1n) is 10.1. The van der Waals surface area contributed by atoms with Crippen LogP contribution in [-0.4, -0.2) is 40.1 Å². The maximum atomic E-state index is 12.4. The minimum atomic E-state index is -0.553. The van der Waals surface area contributed by atoms with Crippen molar-refractivity contribution in [2.24, 2.45) is 0 Å². The molecule has 0 aliphatic carbocycles. The molecule has 2 aromatic carbocycles. The Bertz CT molecular complexity index is 1700. The normalized spacial score (nSPS) is 11.2. The van der Waals surface area contributed by atoms with Gasteiger partial charge >= 0.3 is 0 Å². The molecule has 2 amide bonds. The lowest BCUT2D eigenvalue weighted by atomic mass is 10.1. The molecule has 0 radical (unpaired) electrons. The van der Waals surface area contributed by atoms with Crippen molar-refractivity contribution < 1.29 is 14.3 Å². The highest BCUT2D eigenvalue weighted by molar-refractivity contribution is 7.21. The number of H-pyrrole nitrogens is 2. The second-order valence-corrected chi connectivity index (χ2v) is 9.52. The van der Waals surface area contributed by atoms with E-state index in [1.54, 1.807) is 28.7 Å². The van der Waals surface area contributed by atoms with Crippen LogP contribution in [0.2, 0.25) is 0 Å². The maximum absolute atomic E-state index is 12.4. The molecule has 5 aromatic rings. The summed E-state index contributed by atoms with van der Waals surface area (Å²) in [7, 11) is 0. The lowest BCUT2D eigenvalue weighted by Crippen LogP contribution is -2.36. The summed E-state index contributed by atoms with van der Waals surface area (Å²) in [5.74, 6) is -0.458. The molecule has 3 heterocycles. The zero-order valence-corrected chi connectivity index (χ0v) is 19.3. The van der Waals surface area contributed by atoms with Gasteiger partial charge in [0.1, 0.15) is 5.75 Å². The number of aromatic amines is 2. The summed E-state index contributed by atoms with van der Waals surface area (Å²) in [6.45, 7) is 1.33. The molecular weight excluding hydrogens is 478 g/mol. The molecule has 0 saturated carbocycles. The van der Waals surface area contributed by atoms with E-state index in [1.807, 2.05) is 24.4 Å². The van der Waals surface area contributed by atoms with Gasteiger partial charge in [-0.2, -0.15) is 0 Å². The molecule has 0 fully saturated rings. The van der Waals surface area contributed by atoms with Crippen molar-refractivity contribution in [1.82, 2.24) is 20.5 Å². The van der Waals surface area contributed by atoms with Crippen LogP contribution in [-0.2, 0) is 9.59 Å². The van der Waals surface area contributed by atoms with E-state index < -0.39 is 22.9 Å². The van der Waals surface area contributed by atoms with Gasteiger partial charge in [0.2, 0.25) is 5.91 Å². The van der Waals surface area contributed by atoms with Crippen molar-refractivity contribution in [3.63, 3.8) is 0 Å². The second kappa shape index (κ2) is 8.72. The lowest BCUT2D eigenvalue weighted by Gasteiger charge is -2.10. The number of amides is 2. The predicted molar refractivity (Wildman–Crippen MR) is 132 cm³/mol. The van der Waals surface area contributed by atoms with Crippen molar-refractivity contribution in [3.8, 4) is 5.75 Å². The van der Waals surface area contributed by atoms with Crippen LogP contribution in [0.4, 0.5) is 5.69 Å². The minimum Gasteiger partial charge on any atom is -0.483 e. The van der Waals surface area contributed by atoms with E-state index in [9.17, 15) is 19.2 Å². The number of anilines is 1. The number of carbonyl (C=O) groups excluding carboxylic acids is 2. The zero-order chi connectivity index (χ0) is 23.8. The number of thiazole rings is 1. The Morgan fingerprint density at radius 2 is 1.91 bits per heavy atom. The summed E-state index contributed by atoms with van der Waals surface area (Å²) >= 11 is 3.11. The predicted octanol–water partition coefficient (Wildman–Crippen LogP) is 2.48. The van der Waals surface area contributed by atoms with Crippen LogP contribution in [0.1, 0.15) is 5.01 Å². The standard InChI is InChI=1S/C22H17N5O5S2/c1-10-24-19-15(34-10)7-14(11-5-6-33-20(11)19)32-9-17(29)23-8-16(28)25-13-4-2-3-12-18(13)22(31)27-26-21(12)30/h2-7H,8-9H2,1H3,(H,23,29)(H,25,28)(H,26,30)(H,27,31). The average Bonchev–Trinajstić information content (AvgIpc) is 3.44. The van der Waals surface area contributed by atoms with E-state index >= 15 is 0 Å². The first kappa shape index (κ1) is 21.8. The van der Waals surface area contributed by atoms with E-state index in [4.69, 9.17) is 4.74 Å². The van der Waals surface area contributed by atoms with Gasteiger partial charge in [0.25, 0.3) is 17.0 Å². The van der Waals surface area contributed by atoms with Crippen LogP contribution in [0.3, 0.4) is 0 Å². The van der Waals surface area contributed by atoms with E-state index in [-0.39, 0.29) is 29.6 Å². The largest absolute Gasteiger partial charge is 0.483 e. The molecule has 10 nitrogen and oxygen atoms in total. The zero-order valence-electron chi connectivity index (χ0n) is 17.7. The Labute approximate surface area is 198 Å². The fraction of sp³-hybridized carbons (Fsp3) is 0.136. The number of nitrogens with one attached hydrogen (secondary N) is 4. The number of aromatic nitrogens is 3. The van der Waals surface area contributed by atoms with Gasteiger partial charge in [-0.1, -0.05) is 6.07 Å². The van der Waals surface area contributed by atoms with Crippen molar-refractivity contribution in [2.75, 3.05) is 18.5 Å². The minimum absolute atomic E-state index is 0.0581. The molecule has 0 spiro atoms. The van der Waals surface area contributed by atoms with Crippen LogP contribution in [0.15, 0.2) is 45.3 Å². The van der Waals surface area contributed by atoms with Crippen LogP contribution in [0, 0.1) is 6.92 Å². The summed E-state index contributed by atoms with van der Waals surface area (Å²) < 4.78 is 7.73. The third-order valence-corrected chi connectivity index (χ3v) is 6.91. The SMILES string of the molecule is Cc1nc2c(cc(OCC(=O)NCC(=O)Nc3cccc4c(=O)[nH][nH]c(=O)c34)c3ccsc32)s1. The van der Waals surface area contributed by atoms with Gasteiger partial charge in [-0.15, -0.1) is 22.7 Å². The maximum Gasteiger partial charge on any atom is 0.272 e. The second-order valence-electron chi connectivity index (χ2n) is 7.37. The number of rotatable bonds is 6. The number of thiophene rings is 1. The van der Waals surface area contributed by atoms with Crippen LogP contribution < -0.4 is 26.5 Å². The molecule has 12 heteroatoms. The van der Waals surface area contributed by atoms with E-state index in [2.05, 4.69) is 25.8 Å². The number of nitrogens with zero attached hydrogens (tertiary/aromatic N) is 1. The van der Waals surface area contributed by atoms with Gasteiger partial charge in [0.05, 0.1) is 42.9 Å². The van der Waals surface area contributed by atoms with E-state index in [0.717, 1.165) is 25.3 Å². The molecule has 4 N–H and O–H groups in total. The molecule has 0 saturated heterocycles. The van der Waals surface area contributed by atoms with Crippen molar-refractivity contribution in [1.29, 1.82) is 0 Å². The Balaban J connectivity index is 1.23. The first-order chi connectivity index (χ1) is 16.4. The highest BCUT2D eigenvalue weighted by Gasteiger charge is 2.15. The molecule has 0 bridgehead atoms. The van der Waals surface area contributed by atoms with Gasteiger partial charge in [-0.3, -0.25) is 29.4 Å². The quantitative estimate of drug-likeness (QED) is 0.285. The monoisotopic (exact) mass is 495 g/mol.